The molecular formula is C14H12BrF2NO. The molecule has 0 radical (unpaired) electrons. The van der Waals surface area contributed by atoms with E-state index in [1.807, 2.05) is 0 Å². The van der Waals surface area contributed by atoms with Gasteiger partial charge in [0.2, 0.25) is 0 Å². The first-order valence-electron chi connectivity index (χ1n) is 5.72. The first-order chi connectivity index (χ1) is 9.11. The molecule has 0 fully saturated rings. The summed E-state index contributed by atoms with van der Waals surface area (Å²) in [5.74, 6) is -0.623. The second-order valence-electron chi connectivity index (χ2n) is 3.94. The molecule has 2 aromatic rings. The lowest BCUT2D eigenvalue weighted by Crippen LogP contribution is -2.05. The number of ether oxygens (including phenoxy) is 1. The molecule has 2 aromatic carbocycles. The molecule has 0 amide bonds. The van der Waals surface area contributed by atoms with Crippen molar-refractivity contribution in [3.8, 4) is 11.5 Å². The van der Waals surface area contributed by atoms with E-state index in [4.69, 9.17) is 10.5 Å². The zero-order valence-corrected chi connectivity index (χ0v) is 11.6. The van der Waals surface area contributed by atoms with E-state index in [1.165, 1.54) is 18.2 Å². The Balaban J connectivity index is 2.34. The molecule has 0 unspecified atom stereocenters. The first kappa shape index (κ1) is 14.0. The minimum Gasteiger partial charge on any atom is -0.454 e. The van der Waals surface area contributed by atoms with Gasteiger partial charge >= 0.3 is 0 Å². The smallest absolute Gasteiger partial charge is 0.166 e. The average Bonchev–Trinajstić information content (AvgIpc) is 2.38. The van der Waals surface area contributed by atoms with Crippen LogP contribution in [-0.4, -0.2) is 6.54 Å². The molecular weight excluding hydrogens is 316 g/mol. The fourth-order valence-corrected chi connectivity index (χ4v) is 1.92. The van der Waals surface area contributed by atoms with Gasteiger partial charge in [0, 0.05) is 6.07 Å². The molecule has 0 aliphatic carbocycles. The summed E-state index contributed by atoms with van der Waals surface area (Å²) in [6.07, 6.45) is 0.492. The molecule has 19 heavy (non-hydrogen) atoms. The number of halogens is 3. The van der Waals surface area contributed by atoms with Gasteiger partial charge < -0.3 is 10.5 Å². The SMILES string of the molecule is NCCc1cccc(F)c1Oc1ccc(Br)c(F)c1. The van der Waals surface area contributed by atoms with E-state index in [0.29, 0.717) is 23.0 Å². The highest BCUT2D eigenvalue weighted by molar-refractivity contribution is 9.10. The topological polar surface area (TPSA) is 35.2 Å². The van der Waals surface area contributed by atoms with Crippen LogP contribution in [0.1, 0.15) is 5.56 Å². The Bertz CT molecular complexity index is 590. The molecule has 0 aromatic heterocycles. The van der Waals surface area contributed by atoms with Crippen LogP contribution in [0.3, 0.4) is 0 Å². The van der Waals surface area contributed by atoms with E-state index in [2.05, 4.69) is 15.9 Å². The molecule has 0 saturated carbocycles. The molecule has 0 atom stereocenters. The van der Waals surface area contributed by atoms with Crippen molar-refractivity contribution in [2.45, 2.75) is 6.42 Å². The maximum absolute atomic E-state index is 13.8. The Labute approximate surface area is 118 Å². The van der Waals surface area contributed by atoms with Crippen LogP contribution in [0.2, 0.25) is 0 Å². The fourth-order valence-electron chi connectivity index (χ4n) is 1.68. The Hall–Kier alpha value is -1.46. The quantitative estimate of drug-likeness (QED) is 0.920. The van der Waals surface area contributed by atoms with E-state index in [0.717, 1.165) is 0 Å². The van der Waals surface area contributed by atoms with Crippen LogP contribution in [0.5, 0.6) is 11.5 Å². The molecule has 2 nitrogen and oxygen atoms in total. The van der Waals surface area contributed by atoms with Crippen molar-refractivity contribution < 1.29 is 13.5 Å². The molecule has 0 aliphatic heterocycles. The van der Waals surface area contributed by atoms with Gasteiger partial charge in [0.15, 0.2) is 11.6 Å². The van der Waals surface area contributed by atoms with Gasteiger partial charge in [-0.2, -0.15) is 0 Å². The molecule has 5 heteroatoms. The van der Waals surface area contributed by atoms with Crippen molar-refractivity contribution in [1.82, 2.24) is 0 Å². The van der Waals surface area contributed by atoms with Gasteiger partial charge in [-0.15, -0.1) is 0 Å². The van der Waals surface area contributed by atoms with E-state index in [-0.39, 0.29) is 11.5 Å². The third-order valence-electron chi connectivity index (χ3n) is 2.57. The van der Waals surface area contributed by atoms with Crippen LogP contribution in [0.25, 0.3) is 0 Å². The Morgan fingerprint density at radius 2 is 1.89 bits per heavy atom. The monoisotopic (exact) mass is 327 g/mol. The Morgan fingerprint density at radius 3 is 2.58 bits per heavy atom. The van der Waals surface area contributed by atoms with Crippen LogP contribution >= 0.6 is 15.9 Å². The van der Waals surface area contributed by atoms with Gasteiger partial charge in [-0.3, -0.25) is 0 Å². The van der Waals surface area contributed by atoms with Gasteiger partial charge in [-0.05, 0) is 52.7 Å². The number of hydrogen-bond donors (Lipinski definition) is 1. The van der Waals surface area contributed by atoms with Gasteiger partial charge in [-0.25, -0.2) is 8.78 Å². The lowest BCUT2D eigenvalue weighted by Gasteiger charge is -2.12. The maximum atomic E-state index is 13.8. The van der Waals surface area contributed by atoms with Crippen LogP contribution in [0, 0.1) is 11.6 Å². The minimum absolute atomic E-state index is 0.0923. The van der Waals surface area contributed by atoms with Crippen molar-refractivity contribution >= 4 is 15.9 Å². The molecule has 100 valence electrons. The second kappa shape index (κ2) is 6.12. The normalized spacial score (nSPS) is 10.5. The summed E-state index contributed by atoms with van der Waals surface area (Å²) in [6.45, 7) is 0.383. The van der Waals surface area contributed by atoms with Crippen molar-refractivity contribution in [3.05, 3.63) is 58.1 Å². The summed E-state index contributed by atoms with van der Waals surface area (Å²) >= 11 is 3.05. The number of para-hydroxylation sites is 1. The lowest BCUT2D eigenvalue weighted by atomic mass is 10.1. The van der Waals surface area contributed by atoms with Crippen LogP contribution in [-0.2, 0) is 6.42 Å². The average molecular weight is 328 g/mol. The van der Waals surface area contributed by atoms with Crippen molar-refractivity contribution in [1.29, 1.82) is 0 Å². The molecule has 2 rings (SSSR count). The summed E-state index contributed by atoms with van der Waals surface area (Å²) in [7, 11) is 0. The largest absolute Gasteiger partial charge is 0.454 e. The van der Waals surface area contributed by atoms with E-state index < -0.39 is 11.6 Å². The predicted molar refractivity (Wildman–Crippen MR) is 73.3 cm³/mol. The molecule has 0 heterocycles. The number of rotatable bonds is 4. The van der Waals surface area contributed by atoms with E-state index >= 15 is 0 Å². The Morgan fingerprint density at radius 1 is 1.11 bits per heavy atom. The fraction of sp³-hybridized carbons (Fsp3) is 0.143. The summed E-state index contributed by atoms with van der Waals surface area (Å²) < 4.78 is 32.9. The van der Waals surface area contributed by atoms with Gasteiger partial charge in [-0.1, -0.05) is 12.1 Å². The minimum atomic E-state index is -0.491. The zero-order valence-electron chi connectivity index (χ0n) is 10.00. The number of benzene rings is 2. The van der Waals surface area contributed by atoms with Gasteiger partial charge in [0.05, 0.1) is 4.47 Å². The summed E-state index contributed by atoms with van der Waals surface area (Å²) in [4.78, 5) is 0. The molecule has 0 aliphatic rings. The van der Waals surface area contributed by atoms with Crippen LogP contribution in [0.15, 0.2) is 40.9 Å². The van der Waals surface area contributed by atoms with Crippen LogP contribution < -0.4 is 10.5 Å². The van der Waals surface area contributed by atoms with Crippen molar-refractivity contribution in [2.24, 2.45) is 5.73 Å². The lowest BCUT2D eigenvalue weighted by molar-refractivity contribution is 0.432. The maximum Gasteiger partial charge on any atom is 0.166 e. The summed E-state index contributed by atoms with van der Waals surface area (Å²) in [5, 5.41) is 0. The van der Waals surface area contributed by atoms with E-state index in [1.54, 1.807) is 18.2 Å². The van der Waals surface area contributed by atoms with Gasteiger partial charge in [0.25, 0.3) is 0 Å². The summed E-state index contributed by atoms with van der Waals surface area (Å²) in [5.41, 5.74) is 6.13. The molecule has 0 saturated heterocycles. The Kier molecular flexibility index (Phi) is 4.50. The number of hydrogen-bond acceptors (Lipinski definition) is 2. The highest BCUT2D eigenvalue weighted by Crippen LogP contribution is 2.30. The highest BCUT2D eigenvalue weighted by Gasteiger charge is 2.11. The third-order valence-corrected chi connectivity index (χ3v) is 3.22. The standard InChI is InChI=1S/C14H12BrF2NO/c15-11-5-4-10(8-13(11)17)19-14-9(6-7-18)2-1-3-12(14)16/h1-5,8H,6-7,18H2. The third kappa shape index (κ3) is 3.30. The predicted octanol–water partition coefficient (Wildman–Crippen LogP) is 4.02. The highest BCUT2D eigenvalue weighted by atomic mass is 79.9. The van der Waals surface area contributed by atoms with Crippen molar-refractivity contribution in [2.75, 3.05) is 6.54 Å². The van der Waals surface area contributed by atoms with E-state index in [9.17, 15) is 8.78 Å². The second-order valence-corrected chi connectivity index (χ2v) is 4.80. The number of nitrogens with two attached hydrogens (primary N) is 1. The summed E-state index contributed by atoms with van der Waals surface area (Å²) in [6, 6.07) is 8.89. The van der Waals surface area contributed by atoms with Crippen LogP contribution in [0.4, 0.5) is 8.78 Å². The first-order valence-corrected chi connectivity index (χ1v) is 6.51. The molecule has 2 N–H and O–H groups in total. The zero-order chi connectivity index (χ0) is 13.8. The van der Waals surface area contributed by atoms with Gasteiger partial charge in [0.1, 0.15) is 11.6 Å². The molecule has 0 bridgehead atoms. The molecule has 0 spiro atoms. The van der Waals surface area contributed by atoms with Crippen molar-refractivity contribution in [3.63, 3.8) is 0 Å².